The van der Waals surface area contributed by atoms with Gasteiger partial charge in [0.1, 0.15) is 5.75 Å². The molecule has 0 aliphatic carbocycles. The van der Waals surface area contributed by atoms with Crippen molar-refractivity contribution in [1.82, 2.24) is 4.98 Å². The molecule has 3 rings (SSSR count). The third-order valence-electron chi connectivity index (χ3n) is 4.20. The lowest BCUT2D eigenvalue weighted by Gasteiger charge is -2.18. The Balaban J connectivity index is 1.67. The van der Waals surface area contributed by atoms with Crippen molar-refractivity contribution < 1.29 is 9.53 Å². The molecule has 0 saturated heterocycles. The Morgan fingerprint density at radius 3 is 2.78 bits per heavy atom. The fourth-order valence-corrected chi connectivity index (χ4v) is 3.63. The number of hydrogen-bond donors (Lipinski definition) is 1. The van der Waals surface area contributed by atoms with Gasteiger partial charge >= 0.3 is 0 Å². The van der Waals surface area contributed by atoms with Gasteiger partial charge in [-0.2, -0.15) is 0 Å². The van der Waals surface area contributed by atoms with E-state index in [4.69, 9.17) is 4.74 Å². The summed E-state index contributed by atoms with van der Waals surface area (Å²) in [5.41, 5.74) is 3.23. The summed E-state index contributed by atoms with van der Waals surface area (Å²) >= 11 is 1.48. The number of hydrogen-bond acceptors (Lipinski definition) is 4. The zero-order valence-corrected chi connectivity index (χ0v) is 16.7. The molecule has 2 aromatic carbocycles. The van der Waals surface area contributed by atoms with E-state index in [1.165, 1.54) is 16.9 Å². The second-order valence-corrected chi connectivity index (χ2v) is 8.42. The minimum absolute atomic E-state index is 0.0582. The van der Waals surface area contributed by atoms with Crippen molar-refractivity contribution in [3.8, 4) is 5.75 Å². The SMILES string of the molecule is C=CCc1ccccc1OCC(=O)Nc1nc2ccc(C(C)(C)C)cc2s1. The van der Waals surface area contributed by atoms with E-state index >= 15 is 0 Å². The number of carbonyl (C=O) groups is 1. The van der Waals surface area contributed by atoms with Crippen molar-refractivity contribution in [3.05, 3.63) is 66.2 Å². The molecule has 0 atom stereocenters. The molecule has 1 N–H and O–H groups in total. The standard InChI is InChI=1S/C22H24N2O2S/c1-5-8-15-9-6-7-10-18(15)26-14-20(25)24-21-23-17-12-11-16(22(2,3)4)13-19(17)27-21/h5-7,9-13H,1,8,14H2,2-4H3,(H,23,24,25). The normalized spacial score (nSPS) is 11.4. The number of thiazole rings is 1. The summed E-state index contributed by atoms with van der Waals surface area (Å²) in [5, 5.41) is 3.42. The predicted octanol–water partition coefficient (Wildman–Crippen LogP) is 5.34. The molecule has 4 nitrogen and oxygen atoms in total. The van der Waals surface area contributed by atoms with Crippen molar-refractivity contribution in [2.24, 2.45) is 0 Å². The Bertz CT molecular complexity index is 970. The lowest BCUT2D eigenvalue weighted by molar-refractivity contribution is -0.118. The van der Waals surface area contributed by atoms with Crippen LogP contribution in [0.5, 0.6) is 5.75 Å². The average Bonchev–Trinajstić information content (AvgIpc) is 3.01. The van der Waals surface area contributed by atoms with Crippen LogP contribution in [-0.4, -0.2) is 17.5 Å². The monoisotopic (exact) mass is 380 g/mol. The van der Waals surface area contributed by atoms with Gasteiger partial charge in [0.15, 0.2) is 11.7 Å². The zero-order chi connectivity index (χ0) is 19.4. The topological polar surface area (TPSA) is 51.2 Å². The van der Waals surface area contributed by atoms with Crippen molar-refractivity contribution in [2.45, 2.75) is 32.6 Å². The molecule has 140 valence electrons. The van der Waals surface area contributed by atoms with Crippen molar-refractivity contribution in [2.75, 3.05) is 11.9 Å². The number of nitrogens with one attached hydrogen (secondary N) is 1. The number of ether oxygens (including phenoxy) is 1. The van der Waals surface area contributed by atoms with E-state index in [9.17, 15) is 4.79 Å². The van der Waals surface area contributed by atoms with Crippen LogP contribution >= 0.6 is 11.3 Å². The van der Waals surface area contributed by atoms with Gasteiger partial charge < -0.3 is 4.74 Å². The number of allylic oxidation sites excluding steroid dienone is 1. The van der Waals surface area contributed by atoms with Crippen LogP contribution < -0.4 is 10.1 Å². The molecule has 1 amide bonds. The maximum Gasteiger partial charge on any atom is 0.264 e. The maximum atomic E-state index is 12.3. The van der Waals surface area contributed by atoms with Crippen LogP contribution in [0, 0.1) is 0 Å². The third kappa shape index (κ3) is 4.74. The molecule has 27 heavy (non-hydrogen) atoms. The summed E-state index contributed by atoms with van der Waals surface area (Å²) in [5.74, 6) is 0.477. The molecule has 0 fully saturated rings. The Kier molecular flexibility index (Phi) is 5.61. The minimum Gasteiger partial charge on any atom is -0.483 e. The summed E-state index contributed by atoms with van der Waals surface area (Å²) < 4.78 is 6.74. The molecule has 0 bridgehead atoms. The fourth-order valence-electron chi connectivity index (χ4n) is 2.71. The molecular weight excluding hydrogens is 356 g/mol. The number of aromatic nitrogens is 1. The summed E-state index contributed by atoms with van der Waals surface area (Å²) in [6, 6.07) is 13.9. The first kappa shape index (κ1) is 19.1. The summed E-state index contributed by atoms with van der Waals surface area (Å²) in [6.45, 7) is 10.2. The summed E-state index contributed by atoms with van der Waals surface area (Å²) in [7, 11) is 0. The van der Waals surface area contributed by atoms with Crippen LogP contribution in [0.2, 0.25) is 0 Å². The summed E-state index contributed by atoms with van der Waals surface area (Å²) in [6.07, 6.45) is 2.51. The molecule has 0 aliphatic heterocycles. The molecule has 0 saturated carbocycles. The quantitative estimate of drug-likeness (QED) is 0.587. The maximum absolute atomic E-state index is 12.3. The zero-order valence-electron chi connectivity index (χ0n) is 15.9. The van der Waals surface area contributed by atoms with Gasteiger partial charge in [0.05, 0.1) is 10.2 Å². The fraction of sp³-hybridized carbons (Fsp3) is 0.273. The van der Waals surface area contributed by atoms with Gasteiger partial charge in [0, 0.05) is 0 Å². The van der Waals surface area contributed by atoms with Gasteiger partial charge in [0.2, 0.25) is 0 Å². The number of fused-ring (bicyclic) bond motifs is 1. The summed E-state index contributed by atoms with van der Waals surface area (Å²) in [4.78, 5) is 16.8. The predicted molar refractivity (Wildman–Crippen MR) is 113 cm³/mol. The molecule has 0 unspecified atom stereocenters. The number of anilines is 1. The Hall–Kier alpha value is -2.66. The molecular formula is C22H24N2O2S. The van der Waals surface area contributed by atoms with E-state index in [1.807, 2.05) is 36.4 Å². The van der Waals surface area contributed by atoms with E-state index in [0.717, 1.165) is 15.8 Å². The van der Waals surface area contributed by atoms with Crippen molar-refractivity contribution in [3.63, 3.8) is 0 Å². The number of para-hydroxylation sites is 1. The van der Waals surface area contributed by atoms with Crippen molar-refractivity contribution in [1.29, 1.82) is 0 Å². The molecule has 1 aromatic heterocycles. The highest BCUT2D eigenvalue weighted by Gasteiger charge is 2.16. The van der Waals surface area contributed by atoms with Crippen LogP contribution in [0.3, 0.4) is 0 Å². The number of nitrogens with zero attached hydrogens (tertiary/aromatic N) is 1. The third-order valence-corrected chi connectivity index (χ3v) is 5.13. The highest BCUT2D eigenvalue weighted by atomic mass is 32.1. The van der Waals surface area contributed by atoms with Crippen LogP contribution in [0.4, 0.5) is 5.13 Å². The van der Waals surface area contributed by atoms with Gasteiger partial charge in [-0.1, -0.05) is 62.4 Å². The largest absolute Gasteiger partial charge is 0.483 e. The number of amides is 1. The molecule has 1 heterocycles. The Morgan fingerprint density at radius 2 is 2.04 bits per heavy atom. The minimum atomic E-state index is -0.224. The van der Waals surface area contributed by atoms with E-state index in [2.05, 4.69) is 49.8 Å². The first-order chi connectivity index (χ1) is 12.9. The van der Waals surface area contributed by atoms with Gasteiger partial charge in [-0.25, -0.2) is 4.98 Å². The van der Waals surface area contributed by atoms with Crippen LogP contribution in [0.15, 0.2) is 55.1 Å². The second-order valence-electron chi connectivity index (χ2n) is 7.39. The Labute approximate surface area is 163 Å². The molecule has 5 heteroatoms. The van der Waals surface area contributed by atoms with E-state index in [1.54, 1.807) is 0 Å². The molecule has 0 radical (unpaired) electrons. The van der Waals surface area contributed by atoms with Gasteiger partial charge in [-0.3, -0.25) is 10.1 Å². The average molecular weight is 381 g/mol. The van der Waals surface area contributed by atoms with Gasteiger partial charge in [-0.15, -0.1) is 6.58 Å². The van der Waals surface area contributed by atoms with Gasteiger partial charge in [0.25, 0.3) is 5.91 Å². The lowest BCUT2D eigenvalue weighted by atomic mass is 9.87. The van der Waals surface area contributed by atoms with Crippen LogP contribution in [-0.2, 0) is 16.6 Å². The lowest BCUT2D eigenvalue weighted by Crippen LogP contribution is -2.20. The van der Waals surface area contributed by atoms with E-state index in [-0.39, 0.29) is 17.9 Å². The van der Waals surface area contributed by atoms with Crippen LogP contribution in [0.1, 0.15) is 31.9 Å². The first-order valence-electron chi connectivity index (χ1n) is 8.89. The highest BCUT2D eigenvalue weighted by molar-refractivity contribution is 7.22. The smallest absolute Gasteiger partial charge is 0.264 e. The van der Waals surface area contributed by atoms with E-state index in [0.29, 0.717) is 17.3 Å². The number of benzene rings is 2. The second kappa shape index (κ2) is 7.92. The molecule has 0 aliphatic rings. The van der Waals surface area contributed by atoms with Crippen LogP contribution in [0.25, 0.3) is 10.2 Å². The van der Waals surface area contributed by atoms with Gasteiger partial charge in [-0.05, 0) is 41.2 Å². The number of carbonyl (C=O) groups excluding carboxylic acids is 1. The highest BCUT2D eigenvalue weighted by Crippen LogP contribution is 2.31. The first-order valence-corrected chi connectivity index (χ1v) is 9.71. The Morgan fingerprint density at radius 1 is 1.26 bits per heavy atom. The number of rotatable bonds is 6. The molecule has 0 spiro atoms. The van der Waals surface area contributed by atoms with E-state index < -0.39 is 0 Å². The van der Waals surface area contributed by atoms with Crippen molar-refractivity contribution >= 4 is 32.6 Å². The molecule has 3 aromatic rings.